The third-order valence-corrected chi connectivity index (χ3v) is 2.02. The van der Waals surface area contributed by atoms with Crippen molar-refractivity contribution in [2.24, 2.45) is 0 Å². The number of carboxylic acid groups (broad SMARTS) is 1. The molecule has 0 aliphatic rings. The van der Waals surface area contributed by atoms with Crippen molar-refractivity contribution in [3.8, 4) is 5.75 Å². The van der Waals surface area contributed by atoms with E-state index in [-0.39, 0.29) is 11.3 Å². The minimum absolute atomic E-state index is 0.0557. The van der Waals surface area contributed by atoms with Gasteiger partial charge in [-0.2, -0.15) is 0 Å². The summed E-state index contributed by atoms with van der Waals surface area (Å²) in [5, 5.41) is 18.0. The van der Waals surface area contributed by atoms with Crippen LogP contribution in [0.15, 0.2) is 23.8 Å². The number of carboxylic acids is 1. The first-order valence-electron chi connectivity index (χ1n) is 3.91. The molecule has 0 aliphatic carbocycles. The first-order chi connectivity index (χ1) is 6.50. The molecule has 1 aromatic carbocycles. The van der Waals surface area contributed by atoms with Gasteiger partial charge in [0.05, 0.1) is 5.02 Å². The third-order valence-electron chi connectivity index (χ3n) is 1.69. The average molecular weight is 213 g/mol. The van der Waals surface area contributed by atoms with Crippen molar-refractivity contribution < 1.29 is 15.0 Å². The first kappa shape index (κ1) is 10.6. The quantitative estimate of drug-likeness (QED) is 0.741. The molecule has 0 amide bonds. The van der Waals surface area contributed by atoms with E-state index in [9.17, 15) is 4.79 Å². The van der Waals surface area contributed by atoms with Crippen molar-refractivity contribution in [1.29, 1.82) is 0 Å². The van der Waals surface area contributed by atoms with Gasteiger partial charge >= 0.3 is 5.97 Å². The lowest BCUT2D eigenvalue weighted by atomic mass is 10.1. The van der Waals surface area contributed by atoms with Gasteiger partial charge in [-0.25, -0.2) is 4.79 Å². The number of rotatable bonds is 2. The van der Waals surface area contributed by atoms with Gasteiger partial charge in [0.2, 0.25) is 0 Å². The zero-order valence-electron chi connectivity index (χ0n) is 7.49. The molecule has 0 unspecified atom stereocenters. The maximum absolute atomic E-state index is 10.5. The molecule has 0 aliphatic heterocycles. The zero-order chi connectivity index (χ0) is 10.7. The molecule has 2 N–H and O–H groups in total. The Kier molecular flexibility index (Phi) is 3.14. The number of halogens is 1. The summed E-state index contributed by atoms with van der Waals surface area (Å²) >= 11 is 5.78. The summed E-state index contributed by atoms with van der Waals surface area (Å²) in [6.45, 7) is 1.48. The molecule has 0 fully saturated rings. The molecule has 0 saturated carbocycles. The standard InChI is InChI=1S/C10H9ClO3/c1-6(10(13)14)4-7-2-3-8(12)5-9(7)11/h2-5,12H,1H3,(H,13,14)/b6-4+. The zero-order valence-corrected chi connectivity index (χ0v) is 8.25. The number of phenols is 1. The lowest BCUT2D eigenvalue weighted by Crippen LogP contribution is -1.95. The highest BCUT2D eigenvalue weighted by molar-refractivity contribution is 6.32. The van der Waals surface area contributed by atoms with Crippen molar-refractivity contribution in [2.75, 3.05) is 0 Å². The van der Waals surface area contributed by atoms with Crippen LogP contribution in [0, 0.1) is 0 Å². The summed E-state index contributed by atoms with van der Waals surface area (Å²) in [5.41, 5.74) is 0.766. The topological polar surface area (TPSA) is 57.5 Å². The molecule has 1 rings (SSSR count). The van der Waals surface area contributed by atoms with Crippen molar-refractivity contribution in [3.05, 3.63) is 34.4 Å². The summed E-state index contributed by atoms with van der Waals surface area (Å²) in [5.74, 6) is -0.936. The van der Waals surface area contributed by atoms with Crippen LogP contribution >= 0.6 is 11.6 Å². The Morgan fingerprint density at radius 2 is 2.14 bits per heavy atom. The number of benzene rings is 1. The van der Waals surface area contributed by atoms with Crippen molar-refractivity contribution >= 4 is 23.6 Å². The van der Waals surface area contributed by atoms with E-state index in [0.29, 0.717) is 10.6 Å². The second-order valence-corrected chi connectivity index (χ2v) is 3.25. The highest BCUT2D eigenvalue weighted by Gasteiger charge is 2.03. The van der Waals surface area contributed by atoms with Gasteiger partial charge in [-0.15, -0.1) is 0 Å². The van der Waals surface area contributed by atoms with E-state index in [2.05, 4.69) is 0 Å². The van der Waals surface area contributed by atoms with E-state index in [1.54, 1.807) is 6.07 Å². The first-order valence-corrected chi connectivity index (χ1v) is 4.28. The summed E-state index contributed by atoms with van der Waals surface area (Å²) in [6, 6.07) is 4.37. The van der Waals surface area contributed by atoms with Crippen LogP contribution in [0.25, 0.3) is 6.08 Å². The van der Waals surface area contributed by atoms with Crippen LogP contribution in [0.3, 0.4) is 0 Å². The number of aromatic hydroxyl groups is 1. The summed E-state index contributed by atoms with van der Waals surface area (Å²) in [4.78, 5) is 10.5. The lowest BCUT2D eigenvalue weighted by Gasteiger charge is -2.00. The van der Waals surface area contributed by atoms with E-state index in [1.165, 1.54) is 25.1 Å². The molecule has 1 aromatic rings. The molecule has 74 valence electrons. The predicted octanol–water partition coefficient (Wildman–Crippen LogP) is 2.53. The summed E-state index contributed by atoms with van der Waals surface area (Å²) in [6.07, 6.45) is 1.45. The van der Waals surface area contributed by atoms with Crippen molar-refractivity contribution in [2.45, 2.75) is 6.92 Å². The maximum atomic E-state index is 10.5. The SMILES string of the molecule is C/C(=C\c1ccc(O)cc1Cl)C(=O)O. The second-order valence-electron chi connectivity index (χ2n) is 2.84. The van der Waals surface area contributed by atoms with Crippen LogP contribution in [-0.4, -0.2) is 16.2 Å². The molecule has 0 bridgehead atoms. The molecule has 3 nitrogen and oxygen atoms in total. The largest absolute Gasteiger partial charge is 0.508 e. The van der Waals surface area contributed by atoms with Crippen molar-refractivity contribution in [1.82, 2.24) is 0 Å². The maximum Gasteiger partial charge on any atom is 0.331 e. The fourth-order valence-electron chi connectivity index (χ4n) is 0.928. The van der Waals surface area contributed by atoms with Gasteiger partial charge in [0.25, 0.3) is 0 Å². The van der Waals surface area contributed by atoms with Gasteiger partial charge in [-0.3, -0.25) is 0 Å². The molecule has 0 heterocycles. The van der Waals surface area contributed by atoms with Crippen LogP contribution in [-0.2, 0) is 4.79 Å². The van der Waals surface area contributed by atoms with Crippen LogP contribution in [0.1, 0.15) is 12.5 Å². The summed E-state index contributed by atoms with van der Waals surface area (Å²) in [7, 11) is 0. The highest BCUT2D eigenvalue weighted by Crippen LogP contribution is 2.23. The van der Waals surface area contributed by atoms with Gasteiger partial charge in [0.15, 0.2) is 0 Å². The molecule has 0 spiro atoms. The molecule has 14 heavy (non-hydrogen) atoms. The Morgan fingerprint density at radius 1 is 1.50 bits per heavy atom. The van der Waals surface area contributed by atoms with Gasteiger partial charge in [0.1, 0.15) is 5.75 Å². The van der Waals surface area contributed by atoms with Gasteiger partial charge in [0, 0.05) is 5.57 Å². The Morgan fingerprint density at radius 3 is 2.64 bits per heavy atom. The number of carbonyl (C=O) groups is 1. The number of phenolic OH excluding ortho intramolecular Hbond substituents is 1. The van der Waals surface area contributed by atoms with Crippen LogP contribution in [0.4, 0.5) is 0 Å². The Balaban J connectivity index is 3.09. The normalized spacial score (nSPS) is 11.4. The third kappa shape index (κ3) is 2.50. The Labute approximate surface area is 86.3 Å². The van der Waals surface area contributed by atoms with Crippen LogP contribution in [0.2, 0.25) is 5.02 Å². The highest BCUT2D eigenvalue weighted by atomic mass is 35.5. The monoisotopic (exact) mass is 212 g/mol. The Hall–Kier alpha value is -1.48. The number of aliphatic carboxylic acids is 1. The lowest BCUT2D eigenvalue weighted by molar-refractivity contribution is -0.132. The molecule has 4 heteroatoms. The Bertz CT molecular complexity index is 396. The van der Waals surface area contributed by atoms with E-state index < -0.39 is 5.97 Å². The second kappa shape index (κ2) is 4.15. The van der Waals surface area contributed by atoms with Gasteiger partial charge in [-0.05, 0) is 36.8 Å². The number of hydrogen-bond acceptors (Lipinski definition) is 2. The van der Waals surface area contributed by atoms with Crippen molar-refractivity contribution in [3.63, 3.8) is 0 Å². The minimum atomic E-state index is -0.992. The summed E-state index contributed by atoms with van der Waals surface area (Å²) < 4.78 is 0. The molecule has 0 atom stereocenters. The minimum Gasteiger partial charge on any atom is -0.508 e. The van der Waals surface area contributed by atoms with E-state index in [4.69, 9.17) is 21.8 Å². The molecule has 0 radical (unpaired) electrons. The fourth-order valence-corrected chi connectivity index (χ4v) is 1.16. The molecular formula is C10H9ClO3. The molecule has 0 saturated heterocycles. The fraction of sp³-hybridized carbons (Fsp3) is 0.100. The van der Waals surface area contributed by atoms with Gasteiger partial charge < -0.3 is 10.2 Å². The van der Waals surface area contributed by atoms with E-state index >= 15 is 0 Å². The van der Waals surface area contributed by atoms with Crippen LogP contribution < -0.4 is 0 Å². The number of hydrogen-bond donors (Lipinski definition) is 2. The van der Waals surface area contributed by atoms with Crippen LogP contribution in [0.5, 0.6) is 5.75 Å². The van der Waals surface area contributed by atoms with E-state index in [0.717, 1.165) is 0 Å². The molecular weight excluding hydrogens is 204 g/mol. The molecule has 0 aromatic heterocycles. The smallest absolute Gasteiger partial charge is 0.331 e. The predicted molar refractivity (Wildman–Crippen MR) is 54.4 cm³/mol. The van der Waals surface area contributed by atoms with Gasteiger partial charge in [-0.1, -0.05) is 11.6 Å². The van der Waals surface area contributed by atoms with E-state index in [1.807, 2.05) is 0 Å². The average Bonchev–Trinajstić information content (AvgIpc) is 2.09.